The van der Waals surface area contributed by atoms with E-state index in [-0.39, 0.29) is 12.6 Å². The average molecular weight is 229 g/mol. The molecule has 1 amide bonds. The molecule has 0 aromatic heterocycles. The van der Waals surface area contributed by atoms with Crippen LogP contribution >= 0.6 is 0 Å². The van der Waals surface area contributed by atoms with Gasteiger partial charge in [0.2, 0.25) is 0 Å². The van der Waals surface area contributed by atoms with Crippen LogP contribution < -0.4 is 5.32 Å². The van der Waals surface area contributed by atoms with E-state index in [0.29, 0.717) is 6.42 Å². The molecule has 2 N–H and O–H groups in total. The zero-order valence-electron chi connectivity index (χ0n) is 10.8. The molecule has 0 aliphatic carbocycles. The summed E-state index contributed by atoms with van der Waals surface area (Å²) >= 11 is 0. The number of rotatable bonds is 4. The molecule has 0 aromatic carbocycles. The van der Waals surface area contributed by atoms with Gasteiger partial charge in [-0.3, -0.25) is 0 Å². The second-order valence-corrected chi connectivity index (χ2v) is 5.01. The van der Waals surface area contributed by atoms with Crippen LogP contribution in [0.4, 0.5) is 4.79 Å². The Balaban J connectivity index is 4.29. The van der Waals surface area contributed by atoms with Gasteiger partial charge in [-0.15, -0.1) is 0 Å². The summed E-state index contributed by atoms with van der Waals surface area (Å²) < 4.78 is 5.14. The fourth-order valence-corrected chi connectivity index (χ4v) is 1.20. The molecule has 0 rings (SSSR count). The van der Waals surface area contributed by atoms with Gasteiger partial charge in [-0.05, 0) is 41.0 Å². The van der Waals surface area contributed by atoms with Crippen LogP contribution in [-0.2, 0) is 4.74 Å². The molecular weight excluding hydrogens is 206 g/mol. The van der Waals surface area contributed by atoms with E-state index in [2.05, 4.69) is 5.32 Å². The molecule has 4 heteroatoms. The quantitative estimate of drug-likeness (QED) is 0.727. The number of hydrogen-bond acceptors (Lipinski definition) is 3. The van der Waals surface area contributed by atoms with Gasteiger partial charge in [-0.1, -0.05) is 11.6 Å². The number of hydrogen-bond donors (Lipinski definition) is 2. The number of carbonyl (C=O) groups is 1. The summed E-state index contributed by atoms with van der Waals surface area (Å²) in [7, 11) is 0. The van der Waals surface area contributed by atoms with Gasteiger partial charge in [-0.2, -0.15) is 0 Å². The van der Waals surface area contributed by atoms with E-state index >= 15 is 0 Å². The Kier molecular flexibility index (Phi) is 6.11. The summed E-state index contributed by atoms with van der Waals surface area (Å²) in [6.45, 7) is 9.37. The van der Waals surface area contributed by atoms with E-state index in [1.54, 1.807) is 0 Å². The molecule has 0 aliphatic rings. The zero-order chi connectivity index (χ0) is 12.8. The van der Waals surface area contributed by atoms with Crippen molar-refractivity contribution in [2.24, 2.45) is 0 Å². The Hall–Kier alpha value is -1.03. The van der Waals surface area contributed by atoms with Crippen LogP contribution in [0.1, 0.15) is 41.0 Å². The van der Waals surface area contributed by atoms with Crippen LogP contribution in [0.25, 0.3) is 0 Å². The standard InChI is InChI=1S/C12H23NO3/c1-9(2)8-10(6-7-14)13-11(15)16-12(3,4)5/h8,10,14H,6-7H2,1-5H3,(H,13,15). The van der Waals surface area contributed by atoms with Crippen LogP contribution in [0.3, 0.4) is 0 Å². The van der Waals surface area contributed by atoms with E-state index in [4.69, 9.17) is 9.84 Å². The molecule has 94 valence electrons. The Morgan fingerprint density at radius 2 is 2.00 bits per heavy atom. The largest absolute Gasteiger partial charge is 0.444 e. The molecule has 4 nitrogen and oxygen atoms in total. The summed E-state index contributed by atoms with van der Waals surface area (Å²) in [5.74, 6) is 0. The lowest BCUT2D eigenvalue weighted by Gasteiger charge is -2.22. The van der Waals surface area contributed by atoms with Crippen molar-refractivity contribution in [1.82, 2.24) is 5.32 Å². The first-order chi connectivity index (χ1) is 7.24. The fraction of sp³-hybridized carbons (Fsp3) is 0.750. The summed E-state index contributed by atoms with van der Waals surface area (Å²) in [5.41, 5.74) is 0.591. The summed E-state index contributed by atoms with van der Waals surface area (Å²) in [6, 6.07) is -0.176. The average Bonchev–Trinajstić information content (AvgIpc) is 1.98. The molecule has 0 spiro atoms. The van der Waals surface area contributed by atoms with Crippen molar-refractivity contribution in [2.75, 3.05) is 6.61 Å². The Labute approximate surface area is 97.7 Å². The number of aliphatic hydroxyl groups excluding tert-OH is 1. The lowest BCUT2D eigenvalue weighted by atomic mass is 10.1. The highest BCUT2D eigenvalue weighted by atomic mass is 16.6. The molecule has 0 aromatic rings. The van der Waals surface area contributed by atoms with Crippen molar-refractivity contribution in [2.45, 2.75) is 52.7 Å². The van der Waals surface area contributed by atoms with Crippen molar-refractivity contribution < 1.29 is 14.6 Å². The first kappa shape index (κ1) is 15.0. The summed E-state index contributed by atoms with van der Waals surface area (Å²) in [5, 5.41) is 11.6. The van der Waals surface area contributed by atoms with Gasteiger partial charge in [0.25, 0.3) is 0 Å². The molecule has 0 saturated carbocycles. The van der Waals surface area contributed by atoms with Crippen LogP contribution in [0.5, 0.6) is 0 Å². The van der Waals surface area contributed by atoms with Gasteiger partial charge in [0, 0.05) is 6.61 Å². The minimum Gasteiger partial charge on any atom is -0.444 e. The molecular formula is C12H23NO3. The lowest BCUT2D eigenvalue weighted by Crippen LogP contribution is -2.38. The minimum atomic E-state index is -0.501. The minimum absolute atomic E-state index is 0.0320. The predicted molar refractivity (Wildman–Crippen MR) is 64.3 cm³/mol. The summed E-state index contributed by atoms with van der Waals surface area (Å²) in [6.07, 6.45) is 1.94. The molecule has 0 heterocycles. The molecule has 0 radical (unpaired) electrons. The van der Waals surface area contributed by atoms with Gasteiger partial charge < -0.3 is 15.2 Å². The van der Waals surface area contributed by atoms with Crippen molar-refractivity contribution >= 4 is 6.09 Å². The number of ether oxygens (including phenoxy) is 1. The van der Waals surface area contributed by atoms with E-state index in [9.17, 15) is 4.79 Å². The highest BCUT2D eigenvalue weighted by molar-refractivity contribution is 5.68. The molecule has 0 aliphatic heterocycles. The maximum atomic E-state index is 11.5. The van der Waals surface area contributed by atoms with Gasteiger partial charge in [0.15, 0.2) is 0 Å². The molecule has 0 fully saturated rings. The Morgan fingerprint density at radius 3 is 2.38 bits per heavy atom. The molecule has 1 unspecified atom stereocenters. The first-order valence-electron chi connectivity index (χ1n) is 5.50. The topological polar surface area (TPSA) is 58.6 Å². The third kappa shape index (κ3) is 8.29. The number of nitrogens with one attached hydrogen (secondary N) is 1. The molecule has 0 saturated heterocycles. The van der Waals surface area contributed by atoms with Crippen molar-refractivity contribution in [3.8, 4) is 0 Å². The molecule has 16 heavy (non-hydrogen) atoms. The Bertz CT molecular complexity index is 249. The normalized spacial score (nSPS) is 12.9. The number of allylic oxidation sites excluding steroid dienone is 1. The van der Waals surface area contributed by atoms with Crippen molar-refractivity contribution in [3.05, 3.63) is 11.6 Å². The van der Waals surface area contributed by atoms with E-state index < -0.39 is 11.7 Å². The molecule has 1 atom stereocenters. The van der Waals surface area contributed by atoms with E-state index in [1.165, 1.54) is 0 Å². The lowest BCUT2D eigenvalue weighted by molar-refractivity contribution is 0.0509. The number of alkyl carbamates (subject to hydrolysis) is 1. The van der Waals surface area contributed by atoms with Gasteiger partial charge >= 0.3 is 6.09 Å². The fourth-order valence-electron chi connectivity index (χ4n) is 1.20. The van der Waals surface area contributed by atoms with E-state index in [1.807, 2.05) is 40.7 Å². The number of amides is 1. The van der Waals surface area contributed by atoms with Gasteiger partial charge in [0.05, 0.1) is 6.04 Å². The maximum absolute atomic E-state index is 11.5. The van der Waals surface area contributed by atoms with Gasteiger partial charge in [-0.25, -0.2) is 4.79 Å². The maximum Gasteiger partial charge on any atom is 0.408 e. The first-order valence-corrected chi connectivity index (χ1v) is 5.50. The third-order valence-corrected chi connectivity index (χ3v) is 1.68. The van der Waals surface area contributed by atoms with E-state index in [0.717, 1.165) is 5.57 Å². The number of carbonyl (C=O) groups excluding carboxylic acids is 1. The van der Waals surface area contributed by atoms with Crippen LogP contribution in [0.15, 0.2) is 11.6 Å². The second-order valence-electron chi connectivity index (χ2n) is 5.01. The summed E-state index contributed by atoms with van der Waals surface area (Å²) in [4.78, 5) is 11.5. The van der Waals surface area contributed by atoms with Gasteiger partial charge in [0.1, 0.15) is 5.60 Å². The van der Waals surface area contributed by atoms with Crippen molar-refractivity contribution in [1.29, 1.82) is 0 Å². The van der Waals surface area contributed by atoms with Crippen LogP contribution in [0.2, 0.25) is 0 Å². The highest BCUT2D eigenvalue weighted by Gasteiger charge is 2.18. The second kappa shape index (κ2) is 6.53. The zero-order valence-corrected chi connectivity index (χ0v) is 10.8. The van der Waals surface area contributed by atoms with Crippen LogP contribution in [-0.4, -0.2) is 29.4 Å². The monoisotopic (exact) mass is 229 g/mol. The van der Waals surface area contributed by atoms with Crippen LogP contribution in [0, 0.1) is 0 Å². The SMILES string of the molecule is CC(C)=CC(CCO)NC(=O)OC(C)(C)C. The Morgan fingerprint density at radius 1 is 1.44 bits per heavy atom. The predicted octanol–water partition coefficient (Wildman–Crippen LogP) is 2.23. The van der Waals surface area contributed by atoms with Crippen molar-refractivity contribution in [3.63, 3.8) is 0 Å². The third-order valence-electron chi connectivity index (χ3n) is 1.68. The smallest absolute Gasteiger partial charge is 0.408 e. The number of aliphatic hydroxyl groups is 1. The molecule has 0 bridgehead atoms. The highest BCUT2D eigenvalue weighted by Crippen LogP contribution is 2.08.